The SMILES string of the molecule is COc1cc(/C=C/C(=O)O[C@H]2[C@H](OCC3O[C@@H](Oc4c(-c5ccc(O)c(OC)c5)oc5cc(O)c(OC)c(O)c5c4=O)[C@H](O[C@@H]4OC[C@](O)(CO)[C@H]4O)[C@@H](O)[C@@H]3O)O[C@@H](CO)[C@@H](O)[C@@H]2O)ccc1O. The average Bonchev–Trinajstić information content (AvgIpc) is 3.62. The number of aliphatic hydroxyl groups excluding tert-OH is 7. The molecule has 0 amide bonds. The largest absolute Gasteiger partial charge is 0.504 e. The first-order valence-electron chi connectivity index (χ1n) is 20.8. The van der Waals surface area contributed by atoms with E-state index in [0.29, 0.717) is 5.56 Å². The van der Waals surface area contributed by atoms with Gasteiger partial charge in [-0.25, -0.2) is 4.79 Å². The first-order chi connectivity index (χ1) is 32.9. The number of rotatable bonds is 16. The van der Waals surface area contributed by atoms with Crippen molar-refractivity contribution >= 4 is 23.0 Å². The quantitative estimate of drug-likeness (QED) is 0.0428. The predicted molar refractivity (Wildman–Crippen MR) is 227 cm³/mol. The molecule has 0 radical (unpaired) electrons. The first-order valence-corrected chi connectivity index (χ1v) is 20.8. The zero-order valence-electron chi connectivity index (χ0n) is 36.6. The van der Waals surface area contributed by atoms with Crippen LogP contribution in [-0.2, 0) is 33.2 Å². The lowest BCUT2D eigenvalue weighted by Gasteiger charge is -2.44. The Bertz CT molecular complexity index is 2560. The summed E-state index contributed by atoms with van der Waals surface area (Å²) in [5, 5.41) is 128. The molecule has 0 spiro atoms. The van der Waals surface area contributed by atoms with Crippen molar-refractivity contribution in [2.75, 3.05) is 47.8 Å². The minimum atomic E-state index is -2.26. The highest BCUT2D eigenvalue weighted by Gasteiger charge is 2.55. The molecule has 25 nitrogen and oxygen atoms in total. The number of fused-ring (bicyclic) bond motifs is 1. The molecule has 0 bridgehead atoms. The number of methoxy groups -OCH3 is 3. The molecule has 3 aliphatic rings. The summed E-state index contributed by atoms with van der Waals surface area (Å²) in [6.07, 6.45) is -20.8. The van der Waals surface area contributed by atoms with Gasteiger partial charge in [0, 0.05) is 17.7 Å². The Morgan fingerprint density at radius 3 is 2.07 bits per heavy atom. The van der Waals surface area contributed by atoms with Crippen LogP contribution >= 0.6 is 0 Å². The van der Waals surface area contributed by atoms with Gasteiger partial charge in [-0.05, 0) is 42.0 Å². The van der Waals surface area contributed by atoms with Gasteiger partial charge in [-0.1, -0.05) is 6.07 Å². The maximum Gasteiger partial charge on any atom is 0.331 e. The Labute approximate surface area is 389 Å². The first kappa shape index (κ1) is 50.8. The van der Waals surface area contributed by atoms with Crippen LogP contribution in [-0.4, -0.2) is 194 Å². The molecule has 1 aromatic heterocycles. The van der Waals surface area contributed by atoms with Crippen LogP contribution in [0.4, 0.5) is 0 Å². The van der Waals surface area contributed by atoms with Crippen LogP contribution in [0, 0.1) is 0 Å². The number of carbonyl (C=O) groups excluding carboxylic acids is 1. The zero-order chi connectivity index (χ0) is 50.1. The van der Waals surface area contributed by atoms with Crippen molar-refractivity contribution in [1.82, 2.24) is 0 Å². The summed E-state index contributed by atoms with van der Waals surface area (Å²) in [7, 11) is 3.63. The molecule has 3 aliphatic heterocycles. The lowest BCUT2D eigenvalue weighted by Crippen LogP contribution is -2.64. The summed E-state index contributed by atoms with van der Waals surface area (Å²) in [4.78, 5) is 27.6. The lowest BCUT2D eigenvalue weighted by atomic mass is 9.97. The monoisotopic (exact) mass is 978 g/mol. The number of carbonyl (C=O) groups is 1. The van der Waals surface area contributed by atoms with Gasteiger partial charge in [-0.2, -0.15) is 0 Å². The van der Waals surface area contributed by atoms with Crippen molar-refractivity contribution in [2.24, 2.45) is 0 Å². The molecular weight excluding hydrogens is 928 g/mol. The Morgan fingerprint density at radius 2 is 1.42 bits per heavy atom. The molecule has 3 aromatic carbocycles. The van der Waals surface area contributed by atoms with E-state index in [4.69, 9.17) is 51.8 Å². The van der Waals surface area contributed by atoms with Gasteiger partial charge in [-0.15, -0.1) is 0 Å². The van der Waals surface area contributed by atoms with Crippen LogP contribution in [0.1, 0.15) is 5.56 Å². The van der Waals surface area contributed by atoms with E-state index in [2.05, 4.69) is 0 Å². The molecule has 376 valence electrons. The molecule has 4 heterocycles. The lowest BCUT2D eigenvalue weighted by molar-refractivity contribution is -0.338. The van der Waals surface area contributed by atoms with Crippen molar-refractivity contribution in [1.29, 1.82) is 0 Å². The van der Waals surface area contributed by atoms with Gasteiger partial charge in [0.1, 0.15) is 59.3 Å². The summed E-state index contributed by atoms with van der Waals surface area (Å²) in [6, 6.07) is 8.76. The molecular formula is C44H50O25. The minimum absolute atomic E-state index is 0.0309. The number of phenolic OH excluding ortho intramolecular Hbond substituents is 4. The normalized spacial score (nSPS) is 30.4. The van der Waals surface area contributed by atoms with Gasteiger partial charge >= 0.3 is 5.97 Å². The minimum Gasteiger partial charge on any atom is -0.504 e. The van der Waals surface area contributed by atoms with Crippen LogP contribution < -0.4 is 24.4 Å². The Kier molecular flexibility index (Phi) is 15.4. The smallest absolute Gasteiger partial charge is 0.331 e. The maximum absolute atomic E-state index is 14.6. The number of hydrogen-bond donors (Lipinski definition) is 12. The Morgan fingerprint density at radius 1 is 0.768 bits per heavy atom. The molecule has 12 N–H and O–H groups in total. The third-order valence-corrected chi connectivity index (χ3v) is 11.6. The van der Waals surface area contributed by atoms with Gasteiger partial charge < -0.3 is 113 Å². The second kappa shape index (κ2) is 20.9. The summed E-state index contributed by atoms with van der Waals surface area (Å²) in [5.41, 5.74) is -3.50. The Hall–Kier alpha value is -6.04. The second-order valence-corrected chi connectivity index (χ2v) is 16.0. The molecule has 13 atom stereocenters. The molecule has 3 fully saturated rings. The van der Waals surface area contributed by atoms with E-state index >= 15 is 0 Å². The van der Waals surface area contributed by atoms with Gasteiger partial charge in [0.2, 0.25) is 23.2 Å². The summed E-state index contributed by atoms with van der Waals surface area (Å²) >= 11 is 0. The van der Waals surface area contributed by atoms with E-state index in [9.17, 15) is 70.9 Å². The maximum atomic E-state index is 14.6. The number of aliphatic hydroxyl groups is 8. The summed E-state index contributed by atoms with van der Waals surface area (Å²) < 4.78 is 61.8. The molecule has 3 saturated heterocycles. The number of benzene rings is 3. The molecule has 25 heteroatoms. The fourth-order valence-electron chi connectivity index (χ4n) is 7.71. The van der Waals surface area contributed by atoms with Crippen LogP contribution in [0.2, 0.25) is 0 Å². The van der Waals surface area contributed by atoms with Crippen LogP contribution in [0.5, 0.6) is 46.0 Å². The van der Waals surface area contributed by atoms with E-state index in [1.807, 2.05) is 0 Å². The Balaban J connectivity index is 1.24. The highest BCUT2D eigenvalue weighted by atomic mass is 16.8. The summed E-state index contributed by atoms with van der Waals surface area (Å²) in [5.74, 6) is -5.03. The van der Waals surface area contributed by atoms with Gasteiger partial charge in [0.25, 0.3) is 0 Å². The van der Waals surface area contributed by atoms with Crippen molar-refractivity contribution in [3.63, 3.8) is 0 Å². The van der Waals surface area contributed by atoms with E-state index < -0.39 is 157 Å². The molecule has 69 heavy (non-hydrogen) atoms. The van der Waals surface area contributed by atoms with E-state index in [0.717, 1.165) is 19.3 Å². The van der Waals surface area contributed by atoms with Crippen molar-refractivity contribution in [3.05, 3.63) is 64.3 Å². The number of ether oxygens (including phenoxy) is 10. The fourth-order valence-corrected chi connectivity index (χ4v) is 7.71. The molecule has 4 aromatic rings. The van der Waals surface area contributed by atoms with Gasteiger partial charge in [-0.3, -0.25) is 4.79 Å². The number of hydrogen-bond acceptors (Lipinski definition) is 25. The van der Waals surface area contributed by atoms with Crippen LogP contribution in [0.3, 0.4) is 0 Å². The van der Waals surface area contributed by atoms with Crippen molar-refractivity contribution < 1.29 is 118 Å². The molecule has 0 saturated carbocycles. The van der Waals surface area contributed by atoms with E-state index in [1.165, 1.54) is 56.7 Å². The number of phenols is 4. The topological polar surface area (TPSA) is 382 Å². The van der Waals surface area contributed by atoms with E-state index in [-0.39, 0.29) is 28.6 Å². The van der Waals surface area contributed by atoms with Crippen molar-refractivity contribution in [2.45, 2.75) is 79.4 Å². The fraction of sp³-hybridized carbons (Fsp3) is 0.455. The average molecular weight is 979 g/mol. The highest BCUT2D eigenvalue weighted by molar-refractivity contribution is 5.91. The number of aromatic hydroxyl groups is 4. The van der Waals surface area contributed by atoms with E-state index in [1.54, 1.807) is 0 Å². The third-order valence-electron chi connectivity index (χ3n) is 11.6. The molecule has 7 rings (SSSR count). The summed E-state index contributed by atoms with van der Waals surface area (Å²) in [6.45, 7) is -3.43. The van der Waals surface area contributed by atoms with Crippen LogP contribution in [0.25, 0.3) is 28.4 Å². The van der Waals surface area contributed by atoms with Crippen molar-refractivity contribution in [3.8, 4) is 57.3 Å². The predicted octanol–water partition coefficient (Wildman–Crippen LogP) is -1.96. The number of esters is 1. The van der Waals surface area contributed by atoms with Gasteiger partial charge in [0.15, 0.2) is 65.0 Å². The van der Waals surface area contributed by atoms with Gasteiger partial charge in [0.05, 0.1) is 47.8 Å². The standard InChI is InChI=1S/C44H50O25/c1-59-22-10-17(4-7-19(22)47)5-9-27(50)67-38-33(55)29(51)25(13-45)65-41(38)62-14-26-30(52)34(56)39(69-43-40(57)44(58,15-46)16-63-43)42(66-26)68-37-32(54)28-24(12-21(49)36(61-3)31(28)53)64-35(37)18-6-8-20(48)23(11-18)60-2/h4-12,25-26,29-30,33-34,38-43,45-49,51-53,55-58H,13-16H2,1-3H3/b9-5+/t25-,26?,29+,30+,33-,34-,38+,39+,40-,41+,42-,43-,44+/m0/s1. The second-order valence-electron chi connectivity index (χ2n) is 16.0. The highest BCUT2D eigenvalue weighted by Crippen LogP contribution is 2.45. The third kappa shape index (κ3) is 10.0. The molecule has 1 unspecified atom stereocenters. The van der Waals surface area contributed by atoms with Crippen LogP contribution in [0.15, 0.2) is 57.8 Å². The zero-order valence-corrected chi connectivity index (χ0v) is 36.6. The molecule has 0 aliphatic carbocycles.